The maximum atomic E-state index is 12.3. The molecule has 138 valence electrons. The Labute approximate surface area is 148 Å². The average Bonchev–Trinajstić information content (AvgIpc) is 3.02. The number of nitrogens with one attached hydrogen (secondary N) is 2. The number of amides is 2. The second kappa shape index (κ2) is 8.47. The van der Waals surface area contributed by atoms with Crippen molar-refractivity contribution < 1.29 is 14.1 Å². The van der Waals surface area contributed by atoms with E-state index in [2.05, 4.69) is 20.7 Å². The van der Waals surface area contributed by atoms with Gasteiger partial charge in [0, 0.05) is 31.1 Å². The van der Waals surface area contributed by atoms with Crippen molar-refractivity contribution in [2.75, 3.05) is 25.0 Å². The van der Waals surface area contributed by atoms with Crippen LogP contribution in [0, 0.1) is 12.8 Å². The lowest BCUT2D eigenvalue weighted by molar-refractivity contribution is -0.127. The predicted molar refractivity (Wildman–Crippen MR) is 94.0 cm³/mol. The molecule has 7 heteroatoms. The van der Waals surface area contributed by atoms with Crippen LogP contribution in [0.5, 0.6) is 0 Å². The Morgan fingerprint density at radius 3 is 2.56 bits per heavy atom. The fourth-order valence-corrected chi connectivity index (χ4v) is 3.73. The summed E-state index contributed by atoms with van der Waals surface area (Å²) in [6.45, 7) is 3.77. The van der Waals surface area contributed by atoms with Crippen LogP contribution in [0.1, 0.15) is 50.7 Å². The molecule has 0 atom stereocenters. The first-order valence-corrected chi connectivity index (χ1v) is 9.36. The van der Waals surface area contributed by atoms with Crippen LogP contribution in [0.3, 0.4) is 0 Å². The first kappa shape index (κ1) is 17.9. The van der Waals surface area contributed by atoms with Crippen molar-refractivity contribution in [1.29, 1.82) is 0 Å². The van der Waals surface area contributed by atoms with Crippen molar-refractivity contribution in [3.63, 3.8) is 0 Å². The number of carbonyl (C=O) groups is 2. The van der Waals surface area contributed by atoms with E-state index in [-0.39, 0.29) is 23.8 Å². The molecule has 2 N–H and O–H groups in total. The van der Waals surface area contributed by atoms with Crippen molar-refractivity contribution in [1.82, 2.24) is 15.4 Å². The fourth-order valence-electron chi connectivity index (χ4n) is 3.73. The maximum absolute atomic E-state index is 12.3. The van der Waals surface area contributed by atoms with Crippen molar-refractivity contribution in [3.05, 3.63) is 11.8 Å². The minimum atomic E-state index is -0.0852. The predicted octanol–water partition coefficient (Wildman–Crippen LogP) is 2.08. The third-order valence-electron chi connectivity index (χ3n) is 5.17. The van der Waals surface area contributed by atoms with Gasteiger partial charge < -0.3 is 15.2 Å². The normalized spacial score (nSPS) is 20.4. The first-order valence-electron chi connectivity index (χ1n) is 9.36. The Bertz CT molecular complexity index is 587. The van der Waals surface area contributed by atoms with Crippen molar-refractivity contribution in [2.45, 2.75) is 57.9 Å². The molecule has 1 aromatic rings. The van der Waals surface area contributed by atoms with Crippen LogP contribution in [0.4, 0.5) is 5.82 Å². The summed E-state index contributed by atoms with van der Waals surface area (Å²) in [6.07, 6.45) is 7.48. The Kier molecular flexibility index (Phi) is 6.07. The quantitative estimate of drug-likeness (QED) is 0.851. The van der Waals surface area contributed by atoms with Crippen molar-refractivity contribution in [2.24, 2.45) is 5.92 Å². The molecule has 1 saturated heterocycles. The number of rotatable bonds is 5. The highest BCUT2D eigenvalue weighted by atomic mass is 16.5. The van der Waals surface area contributed by atoms with Crippen LogP contribution in [0.2, 0.25) is 0 Å². The van der Waals surface area contributed by atoms with E-state index in [1.165, 1.54) is 19.3 Å². The molecule has 3 rings (SSSR count). The molecule has 1 aliphatic heterocycles. The highest BCUT2D eigenvalue weighted by molar-refractivity contribution is 5.91. The van der Waals surface area contributed by atoms with Gasteiger partial charge in [-0.2, -0.15) is 0 Å². The van der Waals surface area contributed by atoms with Gasteiger partial charge in [-0.3, -0.25) is 14.5 Å². The Hall–Kier alpha value is -1.89. The van der Waals surface area contributed by atoms with Crippen molar-refractivity contribution in [3.8, 4) is 0 Å². The standard InChI is InChI=1S/C18H28N4O3/c1-13-11-16(21-25-13)20-17(23)12-22-9-7-15(8-10-22)19-18(24)14-5-3-2-4-6-14/h11,14-15H,2-10,12H2,1H3,(H,19,24)(H,20,21,23). The van der Waals surface area contributed by atoms with Crippen molar-refractivity contribution >= 4 is 17.6 Å². The van der Waals surface area contributed by atoms with Gasteiger partial charge in [-0.25, -0.2) is 0 Å². The molecule has 0 spiro atoms. The zero-order valence-corrected chi connectivity index (χ0v) is 14.9. The summed E-state index contributed by atoms with van der Waals surface area (Å²) < 4.78 is 4.94. The topological polar surface area (TPSA) is 87.5 Å². The molecule has 2 heterocycles. The molecule has 2 amide bonds. The van der Waals surface area contributed by atoms with E-state index in [1.54, 1.807) is 13.0 Å². The van der Waals surface area contributed by atoms with Gasteiger partial charge in [-0.15, -0.1) is 0 Å². The van der Waals surface area contributed by atoms with Gasteiger partial charge in [0.05, 0.1) is 6.54 Å². The van der Waals surface area contributed by atoms with Gasteiger partial charge in [0.2, 0.25) is 11.8 Å². The maximum Gasteiger partial charge on any atom is 0.239 e. The van der Waals surface area contributed by atoms with E-state index in [1.807, 2.05) is 0 Å². The highest BCUT2D eigenvalue weighted by Crippen LogP contribution is 2.24. The second-order valence-electron chi connectivity index (χ2n) is 7.26. The molecule has 0 bridgehead atoms. The van der Waals surface area contributed by atoms with Gasteiger partial charge in [-0.05, 0) is 32.6 Å². The summed E-state index contributed by atoms with van der Waals surface area (Å²) >= 11 is 0. The minimum absolute atomic E-state index is 0.0852. The molecule has 1 aromatic heterocycles. The van der Waals surface area contributed by atoms with Crippen LogP contribution < -0.4 is 10.6 Å². The number of piperidine rings is 1. The van der Waals surface area contributed by atoms with E-state index in [0.29, 0.717) is 18.1 Å². The molecule has 2 aliphatic rings. The van der Waals surface area contributed by atoms with E-state index in [0.717, 1.165) is 38.8 Å². The lowest BCUT2D eigenvalue weighted by atomic mass is 9.88. The van der Waals surface area contributed by atoms with Gasteiger partial charge in [0.15, 0.2) is 5.82 Å². The zero-order valence-electron chi connectivity index (χ0n) is 14.9. The van der Waals surface area contributed by atoms with Crippen LogP contribution in [-0.2, 0) is 9.59 Å². The smallest absolute Gasteiger partial charge is 0.239 e. The van der Waals surface area contributed by atoms with Crippen LogP contribution in [0.25, 0.3) is 0 Å². The Balaban J connectivity index is 1.36. The molecule has 1 saturated carbocycles. The number of aromatic nitrogens is 1. The number of likely N-dealkylation sites (tertiary alicyclic amines) is 1. The second-order valence-corrected chi connectivity index (χ2v) is 7.26. The number of hydrogen-bond acceptors (Lipinski definition) is 5. The zero-order chi connectivity index (χ0) is 17.6. The third-order valence-corrected chi connectivity index (χ3v) is 5.17. The SMILES string of the molecule is Cc1cc(NC(=O)CN2CCC(NC(=O)C3CCCCC3)CC2)no1. The molecule has 0 radical (unpaired) electrons. The molecule has 0 unspecified atom stereocenters. The van der Waals surface area contributed by atoms with Gasteiger partial charge in [0.25, 0.3) is 0 Å². The number of anilines is 1. The lowest BCUT2D eigenvalue weighted by Gasteiger charge is -2.33. The Morgan fingerprint density at radius 2 is 1.92 bits per heavy atom. The minimum Gasteiger partial charge on any atom is -0.360 e. The summed E-state index contributed by atoms with van der Waals surface area (Å²) in [5.41, 5.74) is 0. The number of hydrogen-bond donors (Lipinski definition) is 2. The third kappa shape index (κ3) is 5.29. The number of carbonyl (C=O) groups excluding carboxylic acids is 2. The summed E-state index contributed by atoms with van der Waals surface area (Å²) in [7, 11) is 0. The summed E-state index contributed by atoms with van der Waals surface area (Å²) in [4.78, 5) is 26.5. The number of nitrogens with zero attached hydrogens (tertiary/aromatic N) is 2. The highest BCUT2D eigenvalue weighted by Gasteiger charge is 2.26. The van der Waals surface area contributed by atoms with E-state index in [9.17, 15) is 9.59 Å². The van der Waals surface area contributed by atoms with E-state index >= 15 is 0 Å². The average molecular weight is 348 g/mol. The first-order chi connectivity index (χ1) is 12.1. The van der Waals surface area contributed by atoms with Crippen LogP contribution in [0.15, 0.2) is 10.6 Å². The summed E-state index contributed by atoms with van der Waals surface area (Å²) in [5.74, 6) is 1.49. The van der Waals surface area contributed by atoms with E-state index < -0.39 is 0 Å². The molecule has 0 aromatic carbocycles. The Morgan fingerprint density at radius 1 is 1.20 bits per heavy atom. The molecular weight excluding hydrogens is 320 g/mol. The summed E-state index contributed by atoms with van der Waals surface area (Å²) in [5, 5.41) is 9.72. The molecule has 1 aliphatic carbocycles. The largest absolute Gasteiger partial charge is 0.360 e. The number of aryl methyl sites for hydroxylation is 1. The fraction of sp³-hybridized carbons (Fsp3) is 0.722. The van der Waals surface area contributed by atoms with Gasteiger partial charge in [-0.1, -0.05) is 24.4 Å². The molecule has 2 fully saturated rings. The van der Waals surface area contributed by atoms with E-state index in [4.69, 9.17) is 4.52 Å². The van der Waals surface area contributed by atoms with Crippen LogP contribution >= 0.6 is 0 Å². The monoisotopic (exact) mass is 348 g/mol. The molecular formula is C18H28N4O3. The molecule has 7 nitrogen and oxygen atoms in total. The van der Waals surface area contributed by atoms with Crippen LogP contribution in [-0.4, -0.2) is 47.5 Å². The summed E-state index contributed by atoms with van der Waals surface area (Å²) in [6, 6.07) is 1.94. The lowest BCUT2D eigenvalue weighted by Crippen LogP contribution is -2.48. The molecule has 25 heavy (non-hydrogen) atoms. The van der Waals surface area contributed by atoms with Gasteiger partial charge in [0.1, 0.15) is 5.76 Å². The van der Waals surface area contributed by atoms with Gasteiger partial charge >= 0.3 is 0 Å².